The molecule has 0 bridgehead atoms. The summed E-state index contributed by atoms with van der Waals surface area (Å²) in [5.74, 6) is -0.0710. The molecule has 0 unspecified atom stereocenters. The molecule has 0 radical (unpaired) electrons. The second kappa shape index (κ2) is 5.86. The van der Waals surface area contributed by atoms with E-state index in [1.54, 1.807) is 29.4 Å². The third-order valence-corrected chi connectivity index (χ3v) is 2.26. The molecule has 84 valence electrons. The predicted octanol–water partition coefficient (Wildman–Crippen LogP) is 1.85. The van der Waals surface area contributed by atoms with Gasteiger partial charge in [0, 0.05) is 25.0 Å². The molecule has 0 N–H and O–H groups in total. The van der Waals surface area contributed by atoms with E-state index in [4.69, 9.17) is 5.26 Å². The van der Waals surface area contributed by atoms with Crippen LogP contribution in [-0.2, 0) is 0 Å². The minimum atomic E-state index is -0.0710. The first-order valence-corrected chi connectivity index (χ1v) is 5.24. The van der Waals surface area contributed by atoms with Crippen molar-refractivity contribution in [2.75, 3.05) is 6.54 Å². The van der Waals surface area contributed by atoms with E-state index >= 15 is 0 Å². The topological polar surface area (TPSA) is 57.0 Å². The number of pyridine rings is 1. The molecule has 1 aromatic heterocycles. The highest BCUT2D eigenvalue weighted by Crippen LogP contribution is 2.07. The predicted molar refractivity (Wildman–Crippen MR) is 60.6 cm³/mol. The van der Waals surface area contributed by atoms with Gasteiger partial charge in [-0.25, -0.2) is 0 Å². The molecule has 4 nitrogen and oxygen atoms in total. The van der Waals surface area contributed by atoms with Gasteiger partial charge in [-0.1, -0.05) is 0 Å². The molecular weight excluding hydrogens is 202 g/mol. The summed E-state index contributed by atoms with van der Waals surface area (Å²) < 4.78 is 0. The van der Waals surface area contributed by atoms with Gasteiger partial charge in [-0.15, -0.1) is 0 Å². The maximum Gasteiger partial charge on any atom is 0.255 e. The molecule has 1 amide bonds. The lowest BCUT2D eigenvalue weighted by molar-refractivity contribution is 0.0710. The van der Waals surface area contributed by atoms with Crippen molar-refractivity contribution in [3.8, 4) is 6.07 Å². The summed E-state index contributed by atoms with van der Waals surface area (Å²) in [6.45, 7) is 4.33. The summed E-state index contributed by atoms with van der Waals surface area (Å²) in [6, 6.07) is 5.60. The molecule has 0 aliphatic carbocycles. The molecule has 4 heteroatoms. The van der Waals surface area contributed by atoms with Crippen LogP contribution in [0, 0.1) is 11.3 Å². The molecule has 0 aromatic carbocycles. The largest absolute Gasteiger partial charge is 0.335 e. The Balaban J connectivity index is 2.80. The summed E-state index contributed by atoms with van der Waals surface area (Å²) >= 11 is 0. The van der Waals surface area contributed by atoms with Crippen LogP contribution in [0.1, 0.15) is 30.6 Å². The SMILES string of the molecule is CC(C)N(CCC#N)C(=O)c1cccnc1. The van der Waals surface area contributed by atoms with Gasteiger partial charge in [0.2, 0.25) is 0 Å². The summed E-state index contributed by atoms with van der Waals surface area (Å²) in [5.41, 5.74) is 0.564. The summed E-state index contributed by atoms with van der Waals surface area (Å²) in [7, 11) is 0. The minimum Gasteiger partial charge on any atom is -0.335 e. The van der Waals surface area contributed by atoms with Crippen LogP contribution >= 0.6 is 0 Å². The number of aromatic nitrogens is 1. The van der Waals surface area contributed by atoms with E-state index in [1.807, 2.05) is 19.9 Å². The third kappa shape index (κ3) is 3.06. The van der Waals surface area contributed by atoms with Crippen molar-refractivity contribution in [2.45, 2.75) is 26.3 Å². The fraction of sp³-hybridized carbons (Fsp3) is 0.417. The second-order valence-corrected chi connectivity index (χ2v) is 3.74. The standard InChI is InChI=1S/C12H15N3O/c1-10(2)15(8-4-6-13)12(16)11-5-3-7-14-9-11/h3,5,7,9-10H,4,8H2,1-2H3. The molecule has 0 saturated heterocycles. The van der Waals surface area contributed by atoms with E-state index in [2.05, 4.69) is 4.98 Å². The molecule has 0 aliphatic rings. The van der Waals surface area contributed by atoms with Crippen molar-refractivity contribution in [1.29, 1.82) is 5.26 Å². The number of nitriles is 1. The van der Waals surface area contributed by atoms with Crippen LogP contribution in [-0.4, -0.2) is 28.4 Å². The molecule has 0 fully saturated rings. The molecule has 1 rings (SSSR count). The minimum absolute atomic E-state index is 0.0710. The quantitative estimate of drug-likeness (QED) is 0.773. The number of carbonyl (C=O) groups is 1. The molecule has 0 saturated carbocycles. The smallest absolute Gasteiger partial charge is 0.255 e. The Morgan fingerprint density at radius 1 is 1.62 bits per heavy atom. The lowest BCUT2D eigenvalue weighted by Gasteiger charge is -2.25. The van der Waals surface area contributed by atoms with Crippen molar-refractivity contribution in [1.82, 2.24) is 9.88 Å². The van der Waals surface area contributed by atoms with E-state index in [0.29, 0.717) is 18.5 Å². The molecule has 0 atom stereocenters. The Kier molecular flexibility index (Phi) is 4.46. The van der Waals surface area contributed by atoms with Gasteiger partial charge in [0.25, 0.3) is 5.91 Å². The van der Waals surface area contributed by atoms with E-state index in [9.17, 15) is 4.79 Å². The zero-order valence-electron chi connectivity index (χ0n) is 9.55. The van der Waals surface area contributed by atoms with Gasteiger partial charge < -0.3 is 4.90 Å². The average molecular weight is 217 g/mol. The van der Waals surface area contributed by atoms with Crippen LogP contribution in [0.3, 0.4) is 0 Å². The Labute approximate surface area is 95.5 Å². The van der Waals surface area contributed by atoms with Crippen LogP contribution in [0.4, 0.5) is 0 Å². The van der Waals surface area contributed by atoms with E-state index in [0.717, 1.165) is 0 Å². The fourth-order valence-electron chi connectivity index (χ4n) is 1.42. The van der Waals surface area contributed by atoms with Crippen molar-refractivity contribution in [3.63, 3.8) is 0 Å². The lowest BCUT2D eigenvalue weighted by atomic mass is 10.2. The van der Waals surface area contributed by atoms with Crippen molar-refractivity contribution < 1.29 is 4.79 Å². The van der Waals surface area contributed by atoms with Gasteiger partial charge in [0.05, 0.1) is 18.1 Å². The molecule has 16 heavy (non-hydrogen) atoms. The summed E-state index contributed by atoms with van der Waals surface area (Å²) in [5, 5.41) is 8.55. The number of nitrogens with zero attached hydrogens (tertiary/aromatic N) is 3. The maximum atomic E-state index is 12.1. The first-order valence-electron chi connectivity index (χ1n) is 5.24. The normalized spacial score (nSPS) is 9.88. The highest BCUT2D eigenvalue weighted by Gasteiger charge is 2.17. The monoisotopic (exact) mass is 217 g/mol. The second-order valence-electron chi connectivity index (χ2n) is 3.74. The van der Waals surface area contributed by atoms with E-state index in [1.165, 1.54) is 0 Å². The Morgan fingerprint density at radius 3 is 2.88 bits per heavy atom. The van der Waals surface area contributed by atoms with Gasteiger partial charge in [-0.05, 0) is 26.0 Å². The zero-order chi connectivity index (χ0) is 12.0. The van der Waals surface area contributed by atoms with Gasteiger partial charge in [0.1, 0.15) is 0 Å². The molecule has 0 aliphatic heterocycles. The van der Waals surface area contributed by atoms with Gasteiger partial charge in [-0.3, -0.25) is 9.78 Å². The zero-order valence-corrected chi connectivity index (χ0v) is 9.55. The Bertz CT molecular complexity index is 381. The number of carbonyl (C=O) groups excluding carboxylic acids is 1. The van der Waals surface area contributed by atoms with Crippen LogP contribution < -0.4 is 0 Å². The highest BCUT2D eigenvalue weighted by molar-refractivity contribution is 5.94. The van der Waals surface area contributed by atoms with Crippen LogP contribution in [0.25, 0.3) is 0 Å². The van der Waals surface area contributed by atoms with Gasteiger partial charge >= 0.3 is 0 Å². The molecule has 1 heterocycles. The molecule has 0 spiro atoms. The lowest BCUT2D eigenvalue weighted by Crippen LogP contribution is -2.37. The van der Waals surface area contributed by atoms with Crippen molar-refractivity contribution >= 4 is 5.91 Å². The third-order valence-electron chi connectivity index (χ3n) is 2.26. The van der Waals surface area contributed by atoms with Crippen LogP contribution in [0.2, 0.25) is 0 Å². The number of amides is 1. The van der Waals surface area contributed by atoms with Crippen LogP contribution in [0.5, 0.6) is 0 Å². The number of hydrogen-bond acceptors (Lipinski definition) is 3. The van der Waals surface area contributed by atoms with Gasteiger partial charge in [-0.2, -0.15) is 5.26 Å². The van der Waals surface area contributed by atoms with E-state index < -0.39 is 0 Å². The fourth-order valence-corrected chi connectivity index (χ4v) is 1.42. The summed E-state index contributed by atoms with van der Waals surface area (Å²) in [6.07, 6.45) is 3.53. The van der Waals surface area contributed by atoms with Gasteiger partial charge in [0.15, 0.2) is 0 Å². The maximum absolute atomic E-state index is 12.1. The summed E-state index contributed by atoms with van der Waals surface area (Å²) in [4.78, 5) is 17.7. The van der Waals surface area contributed by atoms with Crippen LogP contribution in [0.15, 0.2) is 24.5 Å². The number of rotatable bonds is 4. The Morgan fingerprint density at radius 2 is 2.38 bits per heavy atom. The highest BCUT2D eigenvalue weighted by atomic mass is 16.2. The first kappa shape index (κ1) is 12.2. The number of hydrogen-bond donors (Lipinski definition) is 0. The molecular formula is C12H15N3O. The average Bonchev–Trinajstić information content (AvgIpc) is 2.30. The molecule has 1 aromatic rings. The van der Waals surface area contributed by atoms with Crippen molar-refractivity contribution in [3.05, 3.63) is 30.1 Å². The van der Waals surface area contributed by atoms with Crippen molar-refractivity contribution in [2.24, 2.45) is 0 Å². The Hall–Kier alpha value is -1.89. The first-order chi connectivity index (χ1) is 7.66. The van der Waals surface area contributed by atoms with E-state index in [-0.39, 0.29) is 11.9 Å².